The summed E-state index contributed by atoms with van der Waals surface area (Å²) in [5.74, 6) is -0.419. The molecule has 132 valence electrons. The molecule has 0 bridgehead atoms. The van der Waals surface area contributed by atoms with Crippen LogP contribution in [0.2, 0.25) is 5.02 Å². The fraction of sp³-hybridized carbons (Fsp3) is 0.111. The van der Waals surface area contributed by atoms with Crippen molar-refractivity contribution < 1.29 is 9.72 Å². The van der Waals surface area contributed by atoms with E-state index in [2.05, 4.69) is 10.3 Å². The molecular weight excluding hydrogens is 356 g/mol. The first kappa shape index (κ1) is 17.6. The van der Waals surface area contributed by atoms with E-state index in [4.69, 9.17) is 11.6 Å². The SMILES string of the molecule is CC(NC(=O)c1ccc(-n2ccnc2)c([N+](=O)[O-])c1)c1ccccc1Cl. The number of rotatable bonds is 5. The van der Waals surface area contributed by atoms with E-state index in [9.17, 15) is 14.9 Å². The zero-order valence-corrected chi connectivity index (χ0v) is 14.6. The summed E-state index contributed by atoms with van der Waals surface area (Å²) in [4.78, 5) is 27.3. The van der Waals surface area contributed by atoms with E-state index >= 15 is 0 Å². The van der Waals surface area contributed by atoms with Gasteiger partial charge < -0.3 is 9.88 Å². The number of nitrogens with zero attached hydrogens (tertiary/aromatic N) is 3. The zero-order chi connectivity index (χ0) is 18.7. The Labute approximate surface area is 154 Å². The second-order valence-electron chi connectivity index (χ2n) is 5.65. The van der Waals surface area contributed by atoms with Gasteiger partial charge in [-0.1, -0.05) is 29.8 Å². The molecular formula is C18H15ClN4O3. The lowest BCUT2D eigenvalue weighted by Gasteiger charge is -2.16. The van der Waals surface area contributed by atoms with Crippen LogP contribution in [0.1, 0.15) is 28.9 Å². The summed E-state index contributed by atoms with van der Waals surface area (Å²) in [6.07, 6.45) is 4.58. The Morgan fingerprint density at radius 1 is 1.31 bits per heavy atom. The standard InChI is InChI=1S/C18H15ClN4O3/c1-12(14-4-2-3-5-15(14)19)21-18(24)13-6-7-16(17(10-13)23(25)26)22-9-8-20-11-22/h2-12H,1H3,(H,21,24). The number of aromatic nitrogens is 2. The van der Waals surface area contributed by atoms with Crippen LogP contribution in [0, 0.1) is 10.1 Å². The highest BCUT2D eigenvalue weighted by Gasteiger charge is 2.20. The molecule has 0 saturated carbocycles. The fourth-order valence-corrected chi connectivity index (χ4v) is 2.91. The number of carbonyl (C=O) groups is 1. The van der Waals surface area contributed by atoms with Gasteiger partial charge in [0.1, 0.15) is 5.69 Å². The molecule has 3 aromatic rings. The van der Waals surface area contributed by atoms with Crippen molar-refractivity contribution in [3.63, 3.8) is 0 Å². The number of nitrogens with one attached hydrogen (secondary N) is 1. The van der Waals surface area contributed by atoms with Gasteiger partial charge in [0.05, 0.1) is 17.3 Å². The van der Waals surface area contributed by atoms with Crippen LogP contribution in [-0.4, -0.2) is 20.4 Å². The van der Waals surface area contributed by atoms with Crippen LogP contribution in [0.25, 0.3) is 5.69 Å². The third-order valence-corrected chi connectivity index (χ3v) is 4.28. The van der Waals surface area contributed by atoms with Gasteiger partial charge in [-0.15, -0.1) is 0 Å². The molecule has 8 heteroatoms. The fourth-order valence-electron chi connectivity index (χ4n) is 2.61. The second-order valence-corrected chi connectivity index (χ2v) is 6.05. The van der Waals surface area contributed by atoms with E-state index in [-0.39, 0.29) is 17.3 Å². The predicted octanol–water partition coefficient (Wildman–Crippen LogP) is 3.92. The Balaban J connectivity index is 1.87. The molecule has 1 N–H and O–H groups in total. The van der Waals surface area contributed by atoms with Crippen LogP contribution < -0.4 is 5.32 Å². The van der Waals surface area contributed by atoms with Crippen molar-refractivity contribution in [1.29, 1.82) is 0 Å². The van der Waals surface area contributed by atoms with Gasteiger partial charge in [-0.2, -0.15) is 0 Å². The maximum absolute atomic E-state index is 12.5. The maximum atomic E-state index is 12.5. The minimum Gasteiger partial charge on any atom is -0.345 e. The summed E-state index contributed by atoms with van der Waals surface area (Å²) in [5.41, 5.74) is 1.12. The summed E-state index contributed by atoms with van der Waals surface area (Å²) >= 11 is 6.14. The van der Waals surface area contributed by atoms with Crippen LogP contribution in [0.4, 0.5) is 5.69 Å². The van der Waals surface area contributed by atoms with Crippen molar-refractivity contribution in [2.24, 2.45) is 0 Å². The van der Waals surface area contributed by atoms with Crippen molar-refractivity contribution in [3.05, 3.63) is 87.4 Å². The van der Waals surface area contributed by atoms with Crippen LogP contribution in [-0.2, 0) is 0 Å². The smallest absolute Gasteiger partial charge is 0.294 e. The summed E-state index contributed by atoms with van der Waals surface area (Å²) in [6, 6.07) is 11.2. The molecule has 1 heterocycles. The normalized spacial score (nSPS) is 11.8. The third kappa shape index (κ3) is 3.57. The summed E-state index contributed by atoms with van der Waals surface area (Å²) in [5, 5.41) is 14.8. The molecule has 1 unspecified atom stereocenters. The molecule has 1 amide bonds. The number of hydrogen-bond donors (Lipinski definition) is 1. The highest BCUT2D eigenvalue weighted by Crippen LogP contribution is 2.26. The van der Waals surface area contributed by atoms with E-state index in [0.29, 0.717) is 10.7 Å². The highest BCUT2D eigenvalue weighted by atomic mass is 35.5. The molecule has 26 heavy (non-hydrogen) atoms. The second kappa shape index (κ2) is 7.37. The van der Waals surface area contributed by atoms with Gasteiger partial charge in [0.25, 0.3) is 11.6 Å². The molecule has 2 aromatic carbocycles. The largest absolute Gasteiger partial charge is 0.345 e. The lowest BCUT2D eigenvalue weighted by atomic mass is 10.1. The van der Waals surface area contributed by atoms with Crippen molar-refractivity contribution in [2.45, 2.75) is 13.0 Å². The Morgan fingerprint density at radius 2 is 2.08 bits per heavy atom. The number of nitro groups is 1. The quantitative estimate of drug-likeness (QED) is 0.544. The average Bonchev–Trinajstić information content (AvgIpc) is 3.15. The topological polar surface area (TPSA) is 90.1 Å². The summed E-state index contributed by atoms with van der Waals surface area (Å²) < 4.78 is 1.52. The molecule has 0 fully saturated rings. The monoisotopic (exact) mass is 370 g/mol. The predicted molar refractivity (Wildman–Crippen MR) is 97.6 cm³/mol. The molecule has 0 radical (unpaired) electrons. The number of carbonyl (C=O) groups excluding carboxylic acids is 1. The van der Waals surface area contributed by atoms with E-state index in [1.54, 1.807) is 25.3 Å². The van der Waals surface area contributed by atoms with Crippen molar-refractivity contribution in [2.75, 3.05) is 0 Å². The number of benzene rings is 2. The Hall–Kier alpha value is -3.19. The summed E-state index contributed by atoms with van der Waals surface area (Å²) in [7, 11) is 0. The molecule has 0 spiro atoms. The van der Waals surface area contributed by atoms with Crippen LogP contribution in [0.5, 0.6) is 0 Å². The number of nitro benzene ring substituents is 1. The molecule has 0 aliphatic carbocycles. The van der Waals surface area contributed by atoms with Crippen molar-refractivity contribution >= 4 is 23.2 Å². The van der Waals surface area contributed by atoms with Gasteiger partial charge in [-0.05, 0) is 30.7 Å². The molecule has 1 aromatic heterocycles. The van der Waals surface area contributed by atoms with Crippen LogP contribution in [0.15, 0.2) is 61.2 Å². The molecule has 3 rings (SSSR count). The van der Waals surface area contributed by atoms with Crippen LogP contribution in [0.3, 0.4) is 0 Å². The Kier molecular flexibility index (Phi) is 4.99. The van der Waals surface area contributed by atoms with Crippen LogP contribution >= 0.6 is 11.6 Å². The lowest BCUT2D eigenvalue weighted by molar-refractivity contribution is -0.384. The van der Waals surface area contributed by atoms with E-state index < -0.39 is 10.8 Å². The molecule has 7 nitrogen and oxygen atoms in total. The lowest BCUT2D eigenvalue weighted by Crippen LogP contribution is -2.27. The van der Waals surface area contributed by atoms with Gasteiger partial charge in [0.15, 0.2) is 0 Å². The minimum atomic E-state index is -0.524. The first-order valence-electron chi connectivity index (χ1n) is 7.79. The van der Waals surface area contributed by atoms with Crippen molar-refractivity contribution in [1.82, 2.24) is 14.9 Å². The van der Waals surface area contributed by atoms with Gasteiger partial charge in [0, 0.05) is 29.0 Å². The Bertz CT molecular complexity index is 957. The molecule has 0 saturated heterocycles. The number of hydrogen-bond acceptors (Lipinski definition) is 4. The van der Waals surface area contributed by atoms with Gasteiger partial charge >= 0.3 is 0 Å². The molecule has 0 aliphatic heterocycles. The number of amides is 1. The maximum Gasteiger partial charge on any atom is 0.294 e. The van der Waals surface area contributed by atoms with Crippen molar-refractivity contribution in [3.8, 4) is 5.69 Å². The van der Waals surface area contributed by atoms with E-state index in [0.717, 1.165) is 5.56 Å². The van der Waals surface area contributed by atoms with Gasteiger partial charge in [-0.3, -0.25) is 14.9 Å². The molecule has 1 atom stereocenters. The molecule has 0 aliphatic rings. The Morgan fingerprint density at radius 3 is 2.73 bits per heavy atom. The number of halogens is 1. The number of imidazole rings is 1. The average molecular weight is 371 g/mol. The van der Waals surface area contributed by atoms with E-state index in [1.807, 2.05) is 12.1 Å². The minimum absolute atomic E-state index is 0.180. The highest BCUT2D eigenvalue weighted by molar-refractivity contribution is 6.31. The first-order chi connectivity index (χ1) is 12.5. The zero-order valence-electron chi connectivity index (χ0n) is 13.8. The first-order valence-corrected chi connectivity index (χ1v) is 8.17. The van der Waals surface area contributed by atoms with Gasteiger partial charge in [0.2, 0.25) is 0 Å². The van der Waals surface area contributed by atoms with Gasteiger partial charge in [-0.25, -0.2) is 4.98 Å². The third-order valence-electron chi connectivity index (χ3n) is 3.94. The summed E-state index contributed by atoms with van der Waals surface area (Å²) in [6.45, 7) is 1.80. The van der Waals surface area contributed by atoms with E-state index in [1.165, 1.54) is 35.3 Å².